The zero-order valence-corrected chi connectivity index (χ0v) is 14.2. The number of aliphatic hydroxyl groups is 1. The molecule has 0 radical (unpaired) electrons. The number of fused-ring (bicyclic) bond motifs is 5. The first kappa shape index (κ1) is 15.4. The monoisotopic (exact) mass is 313 g/mol. The van der Waals surface area contributed by atoms with Gasteiger partial charge in [-0.25, -0.2) is 0 Å². The van der Waals surface area contributed by atoms with Crippen LogP contribution < -0.4 is 0 Å². The van der Waals surface area contributed by atoms with Crippen molar-refractivity contribution in [1.82, 2.24) is 0 Å². The summed E-state index contributed by atoms with van der Waals surface area (Å²) in [5.41, 5.74) is 0.0105. The van der Waals surface area contributed by atoms with Gasteiger partial charge in [0.2, 0.25) is 0 Å². The van der Waals surface area contributed by atoms with E-state index in [1.165, 1.54) is 5.57 Å². The van der Waals surface area contributed by atoms with E-state index < -0.39 is 5.60 Å². The molecule has 124 valence electrons. The Hall–Kier alpha value is -1.14. The highest BCUT2D eigenvalue weighted by Crippen LogP contribution is 2.65. The molecular weight excluding hydrogens is 286 g/mol. The summed E-state index contributed by atoms with van der Waals surface area (Å²) in [6.07, 6.45) is 8.36. The number of allylic oxidation sites excluding steroid dienone is 1. The molecule has 0 spiro atoms. The minimum Gasteiger partial charge on any atom is -0.375 e. The Morgan fingerprint density at radius 3 is 2.83 bits per heavy atom. The molecule has 3 heteroatoms. The molecule has 4 aliphatic rings. The molecule has 0 aromatic heterocycles. The second-order valence-electron chi connectivity index (χ2n) is 8.83. The quantitative estimate of drug-likeness (QED) is 0.695. The molecule has 1 N–H and O–H groups in total. The van der Waals surface area contributed by atoms with Gasteiger partial charge in [0, 0.05) is 11.8 Å². The maximum Gasteiger partial charge on any atom is 0.156 e. The van der Waals surface area contributed by atoms with Gasteiger partial charge in [0.15, 0.2) is 11.4 Å². The molecule has 7 atom stereocenters. The van der Waals surface area contributed by atoms with Crippen molar-refractivity contribution in [2.75, 3.05) is 0 Å². The molecular formula is C20H27NO2. The topological polar surface area (TPSA) is 61.1 Å². The maximum absolute atomic E-state index is 11.8. The van der Waals surface area contributed by atoms with E-state index in [2.05, 4.69) is 19.9 Å². The molecule has 4 aliphatic carbocycles. The largest absolute Gasteiger partial charge is 0.375 e. The Labute approximate surface area is 138 Å². The lowest BCUT2D eigenvalue weighted by Crippen LogP contribution is -2.53. The molecule has 3 fully saturated rings. The number of nitrogens with zero attached hydrogens (tertiary/aromatic N) is 1. The summed E-state index contributed by atoms with van der Waals surface area (Å²) in [5, 5.41) is 20.4. The third kappa shape index (κ3) is 1.94. The lowest BCUT2D eigenvalue weighted by atomic mass is 9.48. The minimum absolute atomic E-state index is 0.247. The summed E-state index contributed by atoms with van der Waals surface area (Å²) >= 11 is 0. The van der Waals surface area contributed by atoms with E-state index in [4.69, 9.17) is 0 Å². The number of carbonyl (C=O) groups is 1. The van der Waals surface area contributed by atoms with E-state index in [-0.39, 0.29) is 5.41 Å². The van der Waals surface area contributed by atoms with Crippen molar-refractivity contribution in [1.29, 1.82) is 5.26 Å². The summed E-state index contributed by atoms with van der Waals surface area (Å²) < 4.78 is 0. The number of nitriles is 1. The van der Waals surface area contributed by atoms with Gasteiger partial charge in [-0.15, -0.1) is 0 Å². The van der Waals surface area contributed by atoms with Crippen molar-refractivity contribution in [3.63, 3.8) is 0 Å². The molecule has 0 saturated heterocycles. The van der Waals surface area contributed by atoms with Crippen molar-refractivity contribution >= 4 is 5.78 Å². The molecule has 3 saturated carbocycles. The summed E-state index contributed by atoms with van der Waals surface area (Å²) in [6, 6.07) is 2.25. The molecule has 0 amide bonds. The molecule has 4 rings (SSSR count). The first-order valence-corrected chi connectivity index (χ1v) is 9.26. The lowest BCUT2D eigenvalue weighted by molar-refractivity contribution is -0.117. The first-order valence-electron chi connectivity index (χ1n) is 9.26. The third-order valence-corrected chi connectivity index (χ3v) is 7.98. The Bertz CT molecular complexity index is 618. The maximum atomic E-state index is 11.8. The van der Waals surface area contributed by atoms with Crippen LogP contribution in [0.3, 0.4) is 0 Å². The number of rotatable bonds is 0. The highest BCUT2D eigenvalue weighted by atomic mass is 16.3. The Kier molecular flexibility index (Phi) is 3.30. The van der Waals surface area contributed by atoms with Gasteiger partial charge in [-0.3, -0.25) is 4.79 Å². The number of hydrogen-bond acceptors (Lipinski definition) is 3. The van der Waals surface area contributed by atoms with Crippen molar-refractivity contribution < 1.29 is 9.90 Å². The second-order valence-corrected chi connectivity index (χ2v) is 8.83. The zero-order chi connectivity index (χ0) is 16.4. The average Bonchev–Trinajstić information content (AvgIpc) is 2.79. The van der Waals surface area contributed by atoms with Crippen LogP contribution in [-0.2, 0) is 4.79 Å². The molecule has 0 aromatic rings. The third-order valence-electron chi connectivity index (χ3n) is 7.98. The Morgan fingerprint density at radius 2 is 2.09 bits per heavy atom. The van der Waals surface area contributed by atoms with Gasteiger partial charge in [-0.2, -0.15) is 5.26 Å². The molecule has 0 bridgehead atoms. The van der Waals surface area contributed by atoms with Crippen LogP contribution in [0.15, 0.2) is 11.6 Å². The first-order chi connectivity index (χ1) is 10.9. The highest BCUT2D eigenvalue weighted by molar-refractivity contribution is 5.91. The molecule has 23 heavy (non-hydrogen) atoms. The smallest absolute Gasteiger partial charge is 0.156 e. The van der Waals surface area contributed by atoms with Crippen LogP contribution >= 0.6 is 0 Å². The van der Waals surface area contributed by atoms with Crippen LogP contribution in [-0.4, -0.2) is 16.5 Å². The summed E-state index contributed by atoms with van der Waals surface area (Å²) in [7, 11) is 0. The van der Waals surface area contributed by atoms with E-state index in [1.807, 2.05) is 6.08 Å². The molecule has 0 aliphatic heterocycles. The van der Waals surface area contributed by atoms with Gasteiger partial charge < -0.3 is 5.11 Å². The van der Waals surface area contributed by atoms with Gasteiger partial charge >= 0.3 is 0 Å². The van der Waals surface area contributed by atoms with Gasteiger partial charge in [0.1, 0.15) is 0 Å². The predicted molar refractivity (Wildman–Crippen MR) is 87.2 cm³/mol. The zero-order valence-electron chi connectivity index (χ0n) is 14.2. The van der Waals surface area contributed by atoms with Crippen LogP contribution in [0.5, 0.6) is 0 Å². The minimum atomic E-state index is -1.14. The second kappa shape index (κ2) is 4.93. The molecule has 0 aromatic carbocycles. The summed E-state index contributed by atoms with van der Waals surface area (Å²) in [6.45, 7) is 4.48. The number of carbonyl (C=O) groups excluding carboxylic acids is 1. The SMILES string of the molecule is C[C@@H]1CC2=CC(=O)CC[C@@H]2[C@H]2CC[C@@]3(C)[C@@H](CC[C@@]3(O)C#N)[C@@H]21. The Morgan fingerprint density at radius 1 is 1.30 bits per heavy atom. The van der Waals surface area contributed by atoms with Crippen LogP contribution in [0.2, 0.25) is 0 Å². The normalized spacial score (nSPS) is 52.0. The van der Waals surface area contributed by atoms with E-state index in [1.54, 1.807) is 0 Å². The standard InChI is InChI=1S/C20H27NO2/c1-12-9-13-10-14(22)3-4-15(13)16-5-7-19(2)17(18(12)16)6-8-20(19,23)11-21/h10,12,15-18,23H,3-9H2,1-2H3/t12-,15+,16-,17+,18-,19+,20-/m1/s1. The number of ketones is 1. The van der Waals surface area contributed by atoms with Gasteiger partial charge in [0.05, 0.1) is 6.07 Å². The van der Waals surface area contributed by atoms with Crippen molar-refractivity contribution in [3.8, 4) is 6.07 Å². The highest BCUT2D eigenvalue weighted by Gasteiger charge is 2.63. The van der Waals surface area contributed by atoms with E-state index in [9.17, 15) is 15.2 Å². The summed E-state index contributed by atoms with van der Waals surface area (Å²) in [4.78, 5) is 11.8. The Balaban J connectivity index is 1.70. The van der Waals surface area contributed by atoms with Crippen LogP contribution in [0.1, 0.15) is 58.8 Å². The van der Waals surface area contributed by atoms with Gasteiger partial charge in [0.25, 0.3) is 0 Å². The van der Waals surface area contributed by atoms with Gasteiger partial charge in [-0.1, -0.05) is 19.4 Å². The van der Waals surface area contributed by atoms with Crippen molar-refractivity contribution in [2.24, 2.45) is 35.0 Å². The number of hydrogen-bond donors (Lipinski definition) is 1. The summed E-state index contributed by atoms with van der Waals surface area (Å²) in [5.74, 6) is 3.15. The fourth-order valence-corrected chi connectivity index (χ4v) is 6.79. The van der Waals surface area contributed by atoms with Crippen molar-refractivity contribution in [3.05, 3.63) is 11.6 Å². The molecule has 3 nitrogen and oxygen atoms in total. The fourth-order valence-electron chi connectivity index (χ4n) is 6.79. The average molecular weight is 313 g/mol. The van der Waals surface area contributed by atoms with Crippen molar-refractivity contribution in [2.45, 2.75) is 64.4 Å². The van der Waals surface area contributed by atoms with E-state index in [0.717, 1.165) is 32.1 Å². The molecule has 0 unspecified atom stereocenters. The lowest BCUT2D eigenvalue weighted by Gasteiger charge is -2.56. The van der Waals surface area contributed by atoms with E-state index >= 15 is 0 Å². The van der Waals surface area contributed by atoms with Crippen LogP contribution in [0, 0.1) is 46.3 Å². The van der Waals surface area contributed by atoms with E-state index in [0.29, 0.717) is 48.2 Å². The van der Waals surface area contributed by atoms with Crippen LogP contribution in [0.25, 0.3) is 0 Å². The van der Waals surface area contributed by atoms with Crippen LogP contribution in [0.4, 0.5) is 0 Å². The fraction of sp³-hybridized carbons (Fsp3) is 0.800. The molecule has 0 heterocycles. The van der Waals surface area contributed by atoms with Gasteiger partial charge in [-0.05, 0) is 74.2 Å². The predicted octanol–water partition coefficient (Wildman–Crippen LogP) is 3.63.